The molecule has 1 aliphatic rings. The summed E-state index contributed by atoms with van der Waals surface area (Å²) in [6, 6.07) is 3.73. The van der Waals surface area contributed by atoms with Crippen LogP contribution in [-0.2, 0) is 9.47 Å². The summed E-state index contributed by atoms with van der Waals surface area (Å²) < 4.78 is 17.4. The lowest BCUT2D eigenvalue weighted by molar-refractivity contribution is -0.141. The van der Waals surface area contributed by atoms with E-state index in [1.54, 1.807) is 6.92 Å². The number of carboxylic acids is 1. The number of benzene rings is 1. The number of carbonyl (C=O) groups is 1. The second kappa shape index (κ2) is 5.28. The molecule has 1 atom stereocenters. The Balaban J connectivity index is 1.78. The molecule has 4 heterocycles. The van der Waals surface area contributed by atoms with Crippen LogP contribution in [0.25, 0.3) is 32.9 Å². The lowest BCUT2D eigenvalue weighted by Gasteiger charge is -2.15. The Bertz CT molecular complexity index is 1240. The molecule has 0 amide bonds. The topological polar surface area (TPSA) is 110 Å². The largest absolute Gasteiger partial charge is 0.477 e. The summed E-state index contributed by atoms with van der Waals surface area (Å²) in [6.45, 7) is 5.81. The predicted molar refractivity (Wildman–Crippen MR) is 96.7 cm³/mol. The molecular weight excluding hydrogens is 350 g/mol. The van der Waals surface area contributed by atoms with Crippen LogP contribution in [0.1, 0.15) is 41.9 Å². The van der Waals surface area contributed by atoms with E-state index in [9.17, 15) is 9.90 Å². The van der Waals surface area contributed by atoms with Gasteiger partial charge in [-0.1, -0.05) is 0 Å². The van der Waals surface area contributed by atoms with Crippen LogP contribution in [0.5, 0.6) is 0 Å². The molecule has 8 nitrogen and oxygen atoms in total. The van der Waals surface area contributed by atoms with Gasteiger partial charge in [0, 0.05) is 16.3 Å². The van der Waals surface area contributed by atoms with Gasteiger partial charge in [0.2, 0.25) is 5.89 Å². The SMILES string of the molecule is Cc1c(C(=O)O)ncc2[nH]c3ccc4oc(C5COC(C)(C)O5)nc4c3c12. The summed E-state index contributed by atoms with van der Waals surface area (Å²) in [6.07, 6.45) is 1.15. The number of nitrogens with zero attached hydrogens (tertiary/aromatic N) is 2. The number of hydrogen-bond acceptors (Lipinski definition) is 6. The maximum atomic E-state index is 11.5. The standard InChI is InChI=1S/C19H17N3O5/c1-8-13-10(6-20-15(8)18(23)24)21-9-4-5-11-16(14(9)13)22-17(26-11)12-7-25-19(2,3)27-12/h4-6,12,21H,7H2,1-3H3,(H,23,24). The van der Waals surface area contributed by atoms with Crippen molar-refractivity contribution in [2.75, 3.05) is 6.61 Å². The summed E-state index contributed by atoms with van der Waals surface area (Å²) in [7, 11) is 0. The number of aromatic carboxylic acids is 1. The number of ether oxygens (including phenoxy) is 2. The van der Waals surface area contributed by atoms with E-state index >= 15 is 0 Å². The number of carboxylic acid groups (broad SMARTS) is 1. The van der Waals surface area contributed by atoms with E-state index in [0.717, 1.165) is 21.8 Å². The maximum Gasteiger partial charge on any atom is 0.354 e. The molecule has 1 aliphatic heterocycles. The van der Waals surface area contributed by atoms with Gasteiger partial charge in [0.15, 0.2) is 23.2 Å². The lowest BCUT2D eigenvalue weighted by Crippen LogP contribution is -2.19. The van der Waals surface area contributed by atoms with Gasteiger partial charge in [0.1, 0.15) is 5.52 Å². The predicted octanol–water partition coefficient (Wildman–Crippen LogP) is 3.69. The van der Waals surface area contributed by atoms with Gasteiger partial charge >= 0.3 is 5.97 Å². The van der Waals surface area contributed by atoms with E-state index in [1.807, 2.05) is 26.0 Å². The zero-order valence-electron chi connectivity index (χ0n) is 15.0. The lowest BCUT2D eigenvalue weighted by atomic mass is 10.1. The molecule has 0 radical (unpaired) electrons. The van der Waals surface area contributed by atoms with Crippen molar-refractivity contribution in [3.05, 3.63) is 35.5 Å². The highest BCUT2D eigenvalue weighted by molar-refractivity contribution is 6.19. The fourth-order valence-electron chi connectivity index (χ4n) is 3.70. The number of oxazole rings is 1. The fraction of sp³-hybridized carbons (Fsp3) is 0.316. The van der Waals surface area contributed by atoms with Crippen LogP contribution >= 0.6 is 0 Å². The van der Waals surface area contributed by atoms with Crippen molar-refractivity contribution in [3.63, 3.8) is 0 Å². The molecule has 3 aromatic heterocycles. The first-order chi connectivity index (χ1) is 12.8. The van der Waals surface area contributed by atoms with Gasteiger partial charge in [0.25, 0.3) is 0 Å². The minimum atomic E-state index is -1.06. The fourth-order valence-corrected chi connectivity index (χ4v) is 3.70. The van der Waals surface area contributed by atoms with Crippen molar-refractivity contribution in [1.82, 2.24) is 15.0 Å². The summed E-state index contributed by atoms with van der Waals surface area (Å²) in [5.41, 5.74) is 3.48. The second-order valence-electron chi connectivity index (χ2n) is 7.15. The quantitative estimate of drug-likeness (QED) is 0.556. The van der Waals surface area contributed by atoms with Crippen LogP contribution in [-0.4, -0.2) is 38.4 Å². The second-order valence-corrected chi connectivity index (χ2v) is 7.15. The van der Waals surface area contributed by atoms with E-state index in [1.165, 1.54) is 6.20 Å². The first-order valence-electron chi connectivity index (χ1n) is 8.59. The number of aryl methyl sites for hydroxylation is 1. The molecule has 0 bridgehead atoms. The Kier molecular flexibility index (Phi) is 3.17. The summed E-state index contributed by atoms with van der Waals surface area (Å²) >= 11 is 0. The number of rotatable bonds is 2. The molecule has 0 spiro atoms. The zero-order chi connectivity index (χ0) is 18.9. The maximum absolute atomic E-state index is 11.5. The third kappa shape index (κ3) is 2.34. The first kappa shape index (κ1) is 16.2. The molecule has 5 rings (SSSR count). The van der Waals surface area contributed by atoms with Crippen LogP contribution in [0.15, 0.2) is 22.7 Å². The number of hydrogen-bond donors (Lipinski definition) is 2. The third-order valence-corrected chi connectivity index (χ3v) is 4.91. The highest BCUT2D eigenvalue weighted by Gasteiger charge is 2.36. The summed E-state index contributed by atoms with van der Waals surface area (Å²) in [5.74, 6) is -1.29. The van der Waals surface area contributed by atoms with Gasteiger partial charge in [-0.05, 0) is 38.5 Å². The molecule has 1 fully saturated rings. The van der Waals surface area contributed by atoms with E-state index < -0.39 is 11.8 Å². The molecule has 1 saturated heterocycles. The minimum absolute atomic E-state index is 0.0263. The van der Waals surface area contributed by atoms with Crippen LogP contribution in [0, 0.1) is 6.92 Å². The Labute approximate surface area is 153 Å². The van der Waals surface area contributed by atoms with Crippen molar-refractivity contribution in [2.24, 2.45) is 0 Å². The summed E-state index contributed by atoms with van der Waals surface area (Å²) in [4.78, 5) is 23.5. The van der Waals surface area contributed by atoms with E-state index in [4.69, 9.17) is 13.9 Å². The Morgan fingerprint density at radius 1 is 1.30 bits per heavy atom. The molecule has 138 valence electrons. The van der Waals surface area contributed by atoms with Crippen molar-refractivity contribution in [2.45, 2.75) is 32.7 Å². The molecule has 0 saturated carbocycles. The molecule has 0 aliphatic carbocycles. The average molecular weight is 367 g/mol. The van der Waals surface area contributed by atoms with Crippen LogP contribution < -0.4 is 0 Å². The normalized spacial score (nSPS) is 19.4. The monoisotopic (exact) mass is 367 g/mol. The molecule has 27 heavy (non-hydrogen) atoms. The highest BCUT2D eigenvalue weighted by Crippen LogP contribution is 2.38. The number of pyridine rings is 1. The van der Waals surface area contributed by atoms with Gasteiger partial charge in [-0.25, -0.2) is 14.8 Å². The molecule has 4 aromatic rings. The minimum Gasteiger partial charge on any atom is -0.477 e. The number of H-pyrrole nitrogens is 1. The van der Waals surface area contributed by atoms with Crippen molar-refractivity contribution >= 4 is 38.9 Å². The molecule has 8 heteroatoms. The molecule has 1 unspecified atom stereocenters. The molecule has 1 aromatic carbocycles. The third-order valence-electron chi connectivity index (χ3n) is 4.91. The van der Waals surface area contributed by atoms with Crippen molar-refractivity contribution in [1.29, 1.82) is 0 Å². The van der Waals surface area contributed by atoms with Crippen LogP contribution in [0.3, 0.4) is 0 Å². The van der Waals surface area contributed by atoms with Gasteiger partial charge in [0.05, 0.1) is 18.3 Å². The van der Waals surface area contributed by atoms with Crippen molar-refractivity contribution < 1.29 is 23.8 Å². The smallest absolute Gasteiger partial charge is 0.354 e. The Morgan fingerprint density at radius 3 is 2.81 bits per heavy atom. The number of nitrogens with one attached hydrogen (secondary N) is 1. The average Bonchev–Trinajstić information content (AvgIpc) is 3.27. The van der Waals surface area contributed by atoms with E-state index in [0.29, 0.717) is 29.2 Å². The molecular formula is C19H17N3O5. The summed E-state index contributed by atoms with van der Waals surface area (Å²) in [5, 5.41) is 11.0. The Hall–Kier alpha value is -2.97. The highest BCUT2D eigenvalue weighted by atomic mass is 16.7. The van der Waals surface area contributed by atoms with E-state index in [2.05, 4.69) is 15.0 Å². The number of aromatic nitrogens is 3. The van der Waals surface area contributed by atoms with Crippen molar-refractivity contribution in [3.8, 4) is 0 Å². The molecule has 2 N–H and O–H groups in total. The number of fused-ring (bicyclic) bond motifs is 5. The van der Waals surface area contributed by atoms with Crippen LogP contribution in [0.4, 0.5) is 0 Å². The number of aromatic amines is 1. The zero-order valence-corrected chi connectivity index (χ0v) is 15.0. The van der Waals surface area contributed by atoms with E-state index in [-0.39, 0.29) is 11.8 Å². The van der Waals surface area contributed by atoms with Gasteiger partial charge < -0.3 is 24.0 Å². The Morgan fingerprint density at radius 2 is 2.11 bits per heavy atom. The van der Waals surface area contributed by atoms with Crippen LogP contribution in [0.2, 0.25) is 0 Å². The van der Waals surface area contributed by atoms with Gasteiger partial charge in [-0.3, -0.25) is 0 Å². The first-order valence-corrected chi connectivity index (χ1v) is 8.59. The van der Waals surface area contributed by atoms with Gasteiger partial charge in [-0.15, -0.1) is 0 Å². The van der Waals surface area contributed by atoms with Gasteiger partial charge in [-0.2, -0.15) is 0 Å².